The van der Waals surface area contributed by atoms with E-state index in [4.69, 9.17) is 9.47 Å². The standard InChI is InChI=1S/C16H23N3O3S/c1-16(2,3)13-10-12(11-17)14(23-13)18-15(20)22-9-6-19-4-7-21-8-5-19/h10H,4-9H2,1-3H3,(H,18,20). The molecule has 1 aliphatic rings. The van der Waals surface area contributed by atoms with Gasteiger partial charge in [-0.2, -0.15) is 5.26 Å². The van der Waals surface area contributed by atoms with E-state index < -0.39 is 6.09 Å². The maximum atomic E-state index is 11.9. The SMILES string of the molecule is CC(C)(C)c1cc(C#N)c(NC(=O)OCCN2CCOCC2)s1. The van der Waals surface area contributed by atoms with E-state index >= 15 is 0 Å². The largest absolute Gasteiger partial charge is 0.448 e. The molecule has 0 saturated carbocycles. The highest BCUT2D eigenvalue weighted by molar-refractivity contribution is 7.16. The molecule has 6 nitrogen and oxygen atoms in total. The summed E-state index contributed by atoms with van der Waals surface area (Å²) in [6.07, 6.45) is -0.517. The van der Waals surface area contributed by atoms with E-state index in [9.17, 15) is 10.1 Å². The van der Waals surface area contributed by atoms with Crippen LogP contribution >= 0.6 is 11.3 Å². The summed E-state index contributed by atoms with van der Waals surface area (Å²) in [6.45, 7) is 10.4. The van der Waals surface area contributed by atoms with Crippen LogP contribution in [0.25, 0.3) is 0 Å². The number of nitrogens with one attached hydrogen (secondary N) is 1. The van der Waals surface area contributed by atoms with Gasteiger partial charge in [0.25, 0.3) is 0 Å². The van der Waals surface area contributed by atoms with E-state index in [1.54, 1.807) is 0 Å². The molecule has 0 atom stereocenters. The molecule has 0 unspecified atom stereocenters. The Balaban J connectivity index is 1.85. The molecular weight excluding hydrogens is 314 g/mol. The molecule has 1 fully saturated rings. The average Bonchev–Trinajstić information content (AvgIpc) is 2.91. The molecule has 2 rings (SSSR count). The summed E-state index contributed by atoms with van der Waals surface area (Å²) in [6, 6.07) is 3.95. The van der Waals surface area contributed by atoms with Crippen molar-refractivity contribution < 1.29 is 14.3 Å². The molecule has 0 spiro atoms. The van der Waals surface area contributed by atoms with Crippen molar-refractivity contribution in [3.8, 4) is 6.07 Å². The van der Waals surface area contributed by atoms with Gasteiger partial charge in [0.15, 0.2) is 0 Å². The number of thiophene rings is 1. The zero-order chi connectivity index (χ0) is 16.9. The van der Waals surface area contributed by atoms with Crippen molar-refractivity contribution in [1.29, 1.82) is 5.26 Å². The lowest BCUT2D eigenvalue weighted by molar-refractivity contribution is 0.0290. The van der Waals surface area contributed by atoms with Gasteiger partial charge in [-0.15, -0.1) is 11.3 Å². The lowest BCUT2D eigenvalue weighted by Crippen LogP contribution is -2.38. The molecule has 1 aromatic rings. The lowest BCUT2D eigenvalue weighted by atomic mass is 9.94. The number of ether oxygens (including phenoxy) is 2. The van der Waals surface area contributed by atoms with E-state index in [1.807, 2.05) is 6.07 Å². The zero-order valence-corrected chi connectivity index (χ0v) is 14.7. The Morgan fingerprint density at radius 1 is 1.48 bits per heavy atom. The molecule has 0 aliphatic carbocycles. The van der Waals surface area contributed by atoms with Crippen LogP contribution in [0.1, 0.15) is 31.2 Å². The molecular formula is C16H23N3O3S. The zero-order valence-electron chi connectivity index (χ0n) is 13.8. The van der Waals surface area contributed by atoms with Gasteiger partial charge in [0.1, 0.15) is 17.7 Å². The second-order valence-electron chi connectivity index (χ2n) is 6.43. The Labute approximate surface area is 141 Å². The Kier molecular flexibility index (Phi) is 5.99. The van der Waals surface area contributed by atoms with Crippen molar-refractivity contribution in [2.24, 2.45) is 0 Å². The van der Waals surface area contributed by atoms with Crippen LogP contribution in [0, 0.1) is 11.3 Å². The first-order valence-electron chi connectivity index (χ1n) is 7.68. The molecule has 126 valence electrons. The highest BCUT2D eigenvalue weighted by Gasteiger charge is 2.21. The summed E-state index contributed by atoms with van der Waals surface area (Å²) in [5.74, 6) is 0. The number of carbonyl (C=O) groups is 1. The van der Waals surface area contributed by atoms with Crippen LogP contribution in [0.15, 0.2) is 6.07 Å². The van der Waals surface area contributed by atoms with Gasteiger partial charge < -0.3 is 9.47 Å². The van der Waals surface area contributed by atoms with Gasteiger partial charge in [-0.25, -0.2) is 4.79 Å². The second kappa shape index (κ2) is 7.77. The van der Waals surface area contributed by atoms with Crippen molar-refractivity contribution in [1.82, 2.24) is 4.90 Å². The number of nitrogens with zero attached hydrogens (tertiary/aromatic N) is 2. The van der Waals surface area contributed by atoms with Crippen molar-refractivity contribution >= 4 is 22.4 Å². The van der Waals surface area contributed by atoms with E-state index in [1.165, 1.54) is 11.3 Å². The van der Waals surface area contributed by atoms with Gasteiger partial charge in [-0.05, 0) is 11.5 Å². The van der Waals surface area contributed by atoms with Crippen LogP contribution in [-0.4, -0.2) is 50.4 Å². The predicted octanol–water partition coefficient (Wildman–Crippen LogP) is 2.80. The summed E-state index contributed by atoms with van der Waals surface area (Å²) in [5.41, 5.74) is 0.418. The number of hydrogen-bond acceptors (Lipinski definition) is 6. The normalized spacial score (nSPS) is 15.9. The molecule has 23 heavy (non-hydrogen) atoms. The number of amides is 1. The van der Waals surface area contributed by atoms with Crippen LogP contribution in [-0.2, 0) is 14.9 Å². The van der Waals surface area contributed by atoms with Gasteiger partial charge in [0.2, 0.25) is 0 Å². The Bertz CT molecular complexity index is 580. The predicted molar refractivity (Wildman–Crippen MR) is 90.0 cm³/mol. The first-order valence-corrected chi connectivity index (χ1v) is 8.50. The van der Waals surface area contributed by atoms with Gasteiger partial charge in [-0.1, -0.05) is 20.8 Å². The van der Waals surface area contributed by atoms with Gasteiger partial charge in [0, 0.05) is 24.5 Å². The minimum Gasteiger partial charge on any atom is -0.448 e. The topological polar surface area (TPSA) is 74.6 Å². The fourth-order valence-corrected chi connectivity index (χ4v) is 3.21. The first kappa shape index (κ1) is 17.7. The van der Waals surface area contributed by atoms with Crippen LogP contribution in [0.4, 0.5) is 9.80 Å². The molecule has 1 aromatic heterocycles. The number of morpholine rings is 1. The fourth-order valence-electron chi connectivity index (χ4n) is 2.16. The molecule has 2 heterocycles. The summed E-state index contributed by atoms with van der Waals surface area (Å²) < 4.78 is 10.5. The molecule has 7 heteroatoms. The van der Waals surface area contributed by atoms with E-state index in [-0.39, 0.29) is 5.41 Å². The highest BCUT2D eigenvalue weighted by Crippen LogP contribution is 2.35. The number of nitriles is 1. The number of anilines is 1. The Morgan fingerprint density at radius 2 is 2.17 bits per heavy atom. The maximum Gasteiger partial charge on any atom is 0.412 e. The minimum atomic E-state index is -0.517. The monoisotopic (exact) mass is 337 g/mol. The summed E-state index contributed by atoms with van der Waals surface area (Å²) in [7, 11) is 0. The maximum absolute atomic E-state index is 11.9. The molecule has 0 bridgehead atoms. The van der Waals surface area contributed by atoms with E-state index in [0.717, 1.165) is 31.2 Å². The van der Waals surface area contributed by atoms with Crippen molar-refractivity contribution in [3.05, 3.63) is 16.5 Å². The van der Waals surface area contributed by atoms with Gasteiger partial charge in [0.05, 0.1) is 18.8 Å². The number of rotatable bonds is 4. The van der Waals surface area contributed by atoms with Gasteiger partial charge in [-0.3, -0.25) is 10.2 Å². The smallest absolute Gasteiger partial charge is 0.412 e. The fraction of sp³-hybridized carbons (Fsp3) is 0.625. The molecule has 1 saturated heterocycles. The highest BCUT2D eigenvalue weighted by atomic mass is 32.1. The van der Waals surface area contributed by atoms with Crippen LogP contribution in [0.3, 0.4) is 0 Å². The number of carbonyl (C=O) groups excluding carboxylic acids is 1. The third-order valence-corrected chi connectivity index (χ3v) is 5.03. The van der Waals surface area contributed by atoms with Crippen molar-refractivity contribution in [2.45, 2.75) is 26.2 Å². The second-order valence-corrected chi connectivity index (χ2v) is 7.48. The molecule has 1 amide bonds. The van der Waals surface area contributed by atoms with E-state index in [0.29, 0.717) is 23.7 Å². The summed E-state index contributed by atoms with van der Waals surface area (Å²) in [4.78, 5) is 15.2. The average molecular weight is 337 g/mol. The molecule has 1 aliphatic heterocycles. The van der Waals surface area contributed by atoms with Crippen LogP contribution in [0.2, 0.25) is 0 Å². The first-order chi connectivity index (χ1) is 10.9. The summed E-state index contributed by atoms with van der Waals surface area (Å²) in [5, 5.41) is 12.4. The van der Waals surface area contributed by atoms with Crippen LogP contribution in [0.5, 0.6) is 0 Å². The van der Waals surface area contributed by atoms with Crippen molar-refractivity contribution in [2.75, 3.05) is 44.8 Å². The molecule has 0 aromatic carbocycles. The number of hydrogen-bond donors (Lipinski definition) is 1. The van der Waals surface area contributed by atoms with Crippen LogP contribution < -0.4 is 5.32 Å². The lowest BCUT2D eigenvalue weighted by Gasteiger charge is -2.26. The minimum absolute atomic E-state index is 0.0591. The Hall–Kier alpha value is -1.62. The van der Waals surface area contributed by atoms with Crippen molar-refractivity contribution in [3.63, 3.8) is 0 Å². The molecule has 1 N–H and O–H groups in total. The summed E-state index contributed by atoms with van der Waals surface area (Å²) >= 11 is 1.42. The van der Waals surface area contributed by atoms with Gasteiger partial charge >= 0.3 is 6.09 Å². The third-order valence-electron chi connectivity index (χ3n) is 3.55. The Morgan fingerprint density at radius 3 is 2.78 bits per heavy atom. The third kappa shape index (κ3) is 5.20. The quantitative estimate of drug-likeness (QED) is 0.914. The van der Waals surface area contributed by atoms with E-state index in [2.05, 4.69) is 37.1 Å². The molecule has 0 radical (unpaired) electrons.